The molecule has 0 saturated heterocycles. The van der Waals surface area contributed by atoms with Crippen molar-refractivity contribution >= 4 is 23.2 Å². The molecule has 3 rings (SSSR count). The number of rotatable bonds is 2. The van der Waals surface area contributed by atoms with Crippen LogP contribution >= 0.6 is 23.2 Å². The quantitative estimate of drug-likeness (QED) is 0.922. The maximum Gasteiger partial charge on any atom is 0.133 e. The Morgan fingerprint density at radius 3 is 2.90 bits per heavy atom. The Morgan fingerprint density at radius 2 is 2.15 bits per heavy atom. The number of halogens is 2. The molecule has 0 fully saturated rings. The lowest BCUT2D eigenvalue weighted by atomic mass is 9.89. The van der Waals surface area contributed by atoms with Gasteiger partial charge >= 0.3 is 0 Å². The number of phenols is 1. The minimum absolute atomic E-state index is 0.127. The van der Waals surface area contributed by atoms with Gasteiger partial charge in [0.05, 0.1) is 10.0 Å². The summed E-state index contributed by atoms with van der Waals surface area (Å²) in [4.78, 5) is 0. The minimum atomic E-state index is 0.127. The van der Waals surface area contributed by atoms with E-state index in [0.29, 0.717) is 10.0 Å². The average molecular weight is 312 g/mol. The maximum absolute atomic E-state index is 10.1. The van der Waals surface area contributed by atoms with Crippen molar-refractivity contribution in [2.75, 3.05) is 0 Å². The van der Waals surface area contributed by atoms with Crippen molar-refractivity contribution in [3.05, 3.63) is 39.4 Å². The highest BCUT2D eigenvalue weighted by atomic mass is 35.5. The molecule has 106 valence electrons. The Hall–Kier alpha value is -1.26. The van der Waals surface area contributed by atoms with Gasteiger partial charge in [-0.05, 0) is 24.5 Å². The van der Waals surface area contributed by atoms with E-state index in [1.165, 1.54) is 0 Å². The van der Waals surface area contributed by atoms with Gasteiger partial charge in [0.15, 0.2) is 0 Å². The highest BCUT2D eigenvalue weighted by Crippen LogP contribution is 2.41. The number of nitrogens with zero attached hydrogens (tertiary/aromatic N) is 3. The molecule has 0 aliphatic carbocycles. The summed E-state index contributed by atoms with van der Waals surface area (Å²) in [5.41, 5.74) is 0.728. The summed E-state index contributed by atoms with van der Waals surface area (Å²) in [7, 11) is 0. The molecule has 1 aliphatic heterocycles. The van der Waals surface area contributed by atoms with Gasteiger partial charge < -0.3 is 9.67 Å². The molecule has 0 bridgehead atoms. The van der Waals surface area contributed by atoms with E-state index in [0.717, 1.165) is 43.0 Å². The van der Waals surface area contributed by atoms with Gasteiger partial charge in [-0.15, -0.1) is 10.2 Å². The predicted octanol–water partition coefficient (Wildman–Crippen LogP) is 3.58. The highest BCUT2D eigenvalue weighted by Gasteiger charge is 2.27. The third-order valence-electron chi connectivity index (χ3n) is 3.87. The van der Waals surface area contributed by atoms with Crippen LogP contribution in [0.3, 0.4) is 0 Å². The van der Waals surface area contributed by atoms with Gasteiger partial charge in [-0.1, -0.05) is 30.1 Å². The normalized spacial score (nSPS) is 18.1. The van der Waals surface area contributed by atoms with Gasteiger partial charge in [-0.25, -0.2) is 0 Å². The molecule has 20 heavy (non-hydrogen) atoms. The van der Waals surface area contributed by atoms with Crippen molar-refractivity contribution < 1.29 is 5.11 Å². The van der Waals surface area contributed by atoms with Gasteiger partial charge in [0.1, 0.15) is 17.4 Å². The summed E-state index contributed by atoms with van der Waals surface area (Å²) in [6.07, 6.45) is 2.49. The van der Waals surface area contributed by atoms with E-state index in [9.17, 15) is 5.11 Å². The smallest absolute Gasteiger partial charge is 0.133 e. The van der Waals surface area contributed by atoms with Crippen molar-refractivity contribution in [1.29, 1.82) is 0 Å². The first-order chi connectivity index (χ1) is 9.61. The Kier molecular flexibility index (Phi) is 3.61. The van der Waals surface area contributed by atoms with E-state index < -0.39 is 0 Å². The molecule has 0 spiro atoms. The number of benzene rings is 1. The molecule has 4 nitrogen and oxygen atoms in total. The fourth-order valence-corrected chi connectivity index (χ4v) is 3.32. The highest BCUT2D eigenvalue weighted by molar-refractivity contribution is 6.42. The molecule has 1 N–H and O–H groups in total. The number of hydrogen-bond acceptors (Lipinski definition) is 3. The van der Waals surface area contributed by atoms with Crippen LogP contribution in [0.2, 0.25) is 10.0 Å². The van der Waals surface area contributed by atoms with Crippen molar-refractivity contribution in [2.45, 2.75) is 38.6 Å². The lowest BCUT2D eigenvalue weighted by Crippen LogP contribution is -2.20. The molecule has 1 aromatic heterocycles. The second-order valence-electron chi connectivity index (χ2n) is 5.02. The monoisotopic (exact) mass is 311 g/mol. The van der Waals surface area contributed by atoms with Gasteiger partial charge in [-0.3, -0.25) is 0 Å². The zero-order chi connectivity index (χ0) is 14.3. The third-order valence-corrected chi connectivity index (χ3v) is 4.69. The van der Waals surface area contributed by atoms with E-state index in [1.807, 2.05) is 0 Å². The SMILES string of the molecule is CCc1nnc2n1CC[C@@H](c1c(O)ccc(Cl)c1Cl)C2. The van der Waals surface area contributed by atoms with Crippen LogP contribution in [0.25, 0.3) is 0 Å². The topological polar surface area (TPSA) is 50.9 Å². The molecular formula is C14H15Cl2N3O. The maximum atomic E-state index is 10.1. The van der Waals surface area contributed by atoms with Gasteiger partial charge in [0.2, 0.25) is 0 Å². The fourth-order valence-electron chi connectivity index (χ4n) is 2.84. The standard InChI is InChI=1S/C14H15Cl2N3O/c1-2-11-17-18-12-7-8(5-6-19(11)12)13-10(20)4-3-9(15)14(13)16/h3-4,8,20H,2,5-7H2,1H3/t8-/m1/s1. The summed E-state index contributed by atoms with van der Waals surface area (Å²) in [5, 5.41) is 19.4. The van der Waals surface area contributed by atoms with E-state index in [1.54, 1.807) is 12.1 Å². The summed E-state index contributed by atoms with van der Waals surface area (Å²) in [6.45, 7) is 2.92. The Bertz CT molecular complexity index is 654. The molecule has 2 heterocycles. The first-order valence-electron chi connectivity index (χ1n) is 6.69. The summed E-state index contributed by atoms with van der Waals surface area (Å²) in [6, 6.07) is 3.21. The molecule has 1 atom stereocenters. The molecule has 2 aromatic rings. The van der Waals surface area contributed by atoms with Gasteiger partial charge in [0.25, 0.3) is 0 Å². The lowest BCUT2D eigenvalue weighted by molar-refractivity contribution is 0.424. The van der Waals surface area contributed by atoms with E-state index in [4.69, 9.17) is 23.2 Å². The number of aromatic nitrogens is 3. The summed E-state index contributed by atoms with van der Waals surface area (Å²) >= 11 is 12.3. The first kappa shape index (κ1) is 13.7. The summed E-state index contributed by atoms with van der Waals surface area (Å²) < 4.78 is 2.16. The molecular weight excluding hydrogens is 297 g/mol. The first-order valence-corrected chi connectivity index (χ1v) is 7.45. The van der Waals surface area contributed by atoms with Crippen LogP contribution < -0.4 is 0 Å². The molecule has 1 aromatic carbocycles. The molecule has 0 amide bonds. The number of hydrogen-bond donors (Lipinski definition) is 1. The molecule has 6 heteroatoms. The number of phenolic OH excluding ortho intramolecular Hbond substituents is 1. The van der Waals surface area contributed by atoms with Crippen LogP contribution in [0.15, 0.2) is 12.1 Å². The average Bonchev–Trinajstić information content (AvgIpc) is 2.86. The minimum Gasteiger partial charge on any atom is -0.508 e. The van der Waals surface area contributed by atoms with Crippen LogP contribution in [-0.4, -0.2) is 19.9 Å². The lowest BCUT2D eigenvalue weighted by Gasteiger charge is -2.25. The fraction of sp³-hybridized carbons (Fsp3) is 0.429. The van der Waals surface area contributed by atoms with Crippen LogP contribution in [0.1, 0.15) is 36.5 Å². The van der Waals surface area contributed by atoms with Crippen LogP contribution in [-0.2, 0) is 19.4 Å². The third kappa shape index (κ3) is 2.17. The van der Waals surface area contributed by atoms with Gasteiger partial charge in [-0.2, -0.15) is 0 Å². The van der Waals surface area contributed by atoms with E-state index >= 15 is 0 Å². The molecule has 0 saturated carbocycles. The second-order valence-corrected chi connectivity index (χ2v) is 5.81. The number of aromatic hydroxyl groups is 1. The van der Waals surface area contributed by atoms with Crippen molar-refractivity contribution in [3.8, 4) is 5.75 Å². The Morgan fingerprint density at radius 1 is 1.35 bits per heavy atom. The van der Waals surface area contributed by atoms with Crippen molar-refractivity contribution in [3.63, 3.8) is 0 Å². The Labute approximate surface area is 127 Å². The summed E-state index contributed by atoms with van der Waals surface area (Å²) in [5.74, 6) is 2.30. The van der Waals surface area contributed by atoms with E-state index in [2.05, 4.69) is 21.7 Å². The van der Waals surface area contributed by atoms with Crippen LogP contribution in [0.5, 0.6) is 5.75 Å². The second kappa shape index (κ2) is 5.26. The molecule has 0 radical (unpaired) electrons. The molecule has 0 unspecified atom stereocenters. The predicted molar refractivity (Wildman–Crippen MR) is 78.6 cm³/mol. The van der Waals surface area contributed by atoms with E-state index in [-0.39, 0.29) is 11.7 Å². The van der Waals surface area contributed by atoms with Crippen molar-refractivity contribution in [1.82, 2.24) is 14.8 Å². The van der Waals surface area contributed by atoms with Crippen LogP contribution in [0, 0.1) is 0 Å². The zero-order valence-electron chi connectivity index (χ0n) is 11.1. The number of fused-ring (bicyclic) bond motifs is 1. The van der Waals surface area contributed by atoms with Crippen LogP contribution in [0.4, 0.5) is 0 Å². The van der Waals surface area contributed by atoms with Crippen molar-refractivity contribution in [2.24, 2.45) is 0 Å². The zero-order valence-corrected chi connectivity index (χ0v) is 12.6. The largest absolute Gasteiger partial charge is 0.508 e. The number of aryl methyl sites for hydroxylation is 1. The van der Waals surface area contributed by atoms with Gasteiger partial charge in [0, 0.05) is 24.9 Å². The molecule has 1 aliphatic rings. The Balaban J connectivity index is 1.97.